The first-order valence-electron chi connectivity index (χ1n) is 16.9. The number of hydrogen-bond acceptors (Lipinski definition) is 10. The highest BCUT2D eigenvalue weighted by atomic mass is 127. The maximum absolute atomic E-state index is 13.5. The van der Waals surface area contributed by atoms with Crippen LogP contribution in [0.4, 0.5) is 0 Å². The van der Waals surface area contributed by atoms with Crippen molar-refractivity contribution in [3.05, 3.63) is 35.9 Å². The molecule has 1 aromatic rings. The number of esters is 1. The number of carbonyl (C=O) groups excluding carboxylic acids is 2. The second kappa shape index (κ2) is 15.9. The Labute approximate surface area is 298 Å². The summed E-state index contributed by atoms with van der Waals surface area (Å²) in [6, 6.07) is 9.62. The molecule has 13 atom stereocenters. The molecule has 0 unspecified atom stereocenters. The molecule has 0 bridgehead atoms. The summed E-state index contributed by atoms with van der Waals surface area (Å²) in [6.07, 6.45) is -2.11. The predicted molar refractivity (Wildman–Crippen MR) is 188 cm³/mol. The first-order chi connectivity index (χ1) is 22.5. The van der Waals surface area contributed by atoms with E-state index in [4.69, 9.17) is 28.7 Å². The molecule has 3 aliphatic heterocycles. The summed E-state index contributed by atoms with van der Waals surface area (Å²) >= 11 is 1.81. The SMILES string of the molecule is CO[C@]1(C)C[C@@H](C)C(=O)N[C@H](C)[C@@H](O)[C@](C)(O)[C@@H](I)OC(=O)[C@H](C)C[C@H](C)[C@H]1O[C@@H]1O[C@H](C)C[C@H]2[C@H]1O/C(=N/Cc1ccccc1)N2C. The first-order valence-corrected chi connectivity index (χ1v) is 18.1. The van der Waals surface area contributed by atoms with E-state index in [-0.39, 0.29) is 30.4 Å². The van der Waals surface area contributed by atoms with E-state index in [2.05, 4.69) is 5.32 Å². The van der Waals surface area contributed by atoms with Crippen LogP contribution in [0.5, 0.6) is 0 Å². The highest BCUT2D eigenvalue weighted by Crippen LogP contribution is 2.39. The number of rotatable bonds is 5. The number of methoxy groups -OCH3 is 1. The highest BCUT2D eigenvalue weighted by Gasteiger charge is 2.52. The lowest BCUT2D eigenvalue weighted by molar-refractivity contribution is -0.286. The standard InChI is InChI=1S/C35H54IN3O9/c1-19-15-20(2)30(42)48-32(36)35(7,43)27(40)23(5)38-29(41)21(3)17-34(6,44-9)28(19)47-31-26-25(16-22(4)45-31)39(8)33(46-26)37-18-24-13-11-10-12-14-24/h10-14,19-23,25-28,31-32,40,43H,15-18H2,1-9H3,(H,38,41)/b37-33+/t19-,20+,21+,22+,23+,25-,26+,27+,28+,31-,32-,34+,35-/m0/s1. The van der Waals surface area contributed by atoms with Gasteiger partial charge < -0.3 is 44.1 Å². The lowest BCUT2D eigenvalue weighted by atomic mass is 9.79. The molecule has 0 saturated carbocycles. The van der Waals surface area contributed by atoms with Gasteiger partial charge in [-0.2, -0.15) is 0 Å². The van der Waals surface area contributed by atoms with E-state index in [1.165, 1.54) is 6.92 Å². The van der Waals surface area contributed by atoms with Crippen molar-refractivity contribution in [2.45, 2.75) is 132 Å². The number of fused-ring (bicyclic) bond motifs is 1. The number of benzene rings is 1. The Balaban J connectivity index is 1.65. The molecule has 0 spiro atoms. The fraction of sp³-hybridized carbons (Fsp3) is 0.743. The van der Waals surface area contributed by atoms with Gasteiger partial charge in [-0.3, -0.25) is 9.59 Å². The van der Waals surface area contributed by atoms with E-state index in [0.29, 0.717) is 19.0 Å². The Bertz CT molecular complexity index is 1290. The normalized spacial score (nSPS) is 42.6. The van der Waals surface area contributed by atoms with Crippen LogP contribution >= 0.6 is 22.6 Å². The van der Waals surface area contributed by atoms with Crippen molar-refractivity contribution >= 4 is 40.5 Å². The number of amides is 1. The number of halogens is 1. The summed E-state index contributed by atoms with van der Waals surface area (Å²) in [4.78, 5) is 33.6. The Morgan fingerprint density at radius 2 is 1.73 bits per heavy atom. The summed E-state index contributed by atoms with van der Waals surface area (Å²) in [6.45, 7) is 12.9. The number of ether oxygens (including phenoxy) is 5. The molecular weight excluding hydrogens is 733 g/mol. The van der Waals surface area contributed by atoms with Crippen molar-refractivity contribution in [3.63, 3.8) is 0 Å². The molecule has 3 saturated heterocycles. The van der Waals surface area contributed by atoms with Crippen LogP contribution in [0.15, 0.2) is 35.3 Å². The van der Waals surface area contributed by atoms with Crippen molar-refractivity contribution < 1.29 is 43.5 Å². The average Bonchev–Trinajstić information content (AvgIpc) is 3.36. The quantitative estimate of drug-likeness (QED) is 0.229. The number of cyclic esters (lactones) is 1. The zero-order chi connectivity index (χ0) is 35.6. The minimum absolute atomic E-state index is 0.0421. The van der Waals surface area contributed by atoms with Crippen molar-refractivity contribution in [3.8, 4) is 0 Å². The molecule has 0 aromatic heterocycles. The summed E-state index contributed by atoms with van der Waals surface area (Å²) in [5, 5.41) is 25.0. The number of aliphatic hydroxyl groups excluding tert-OH is 1. The molecule has 48 heavy (non-hydrogen) atoms. The molecule has 0 aliphatic carbocycles. The lowest BCUT2D eigenvalue weighted by Gasteiger charge is -2.45. The molecule has 1 aromatic carbocycles. The average molecular weight is 788 g/mol. The van der Waals surface area contributed by atoms with Gasteiger partial charge in [0.2, 0.25) is 5.91 Å². The van der Waals surface area contributed by atoms with E-state index in [0.717, 1.165) is 12.0 Å². The Kier molecular flexibility index (Phi) is 12.8. The van der Waals surface area contributed by atoms with Crippen LogP contribution in [0.3, 0.4) is 0 Å². The summed E-state index contributed by atoms with van der Waals surface area (Å²) in [5.74, 6) is -2.26. The predicted octanol–water partition coefficient (Wildman–Crippen LogP) is 3.79. The van der Waals surface area contributed by atoms with Gasteiger partial charge in [0.1, 0.15) is 11.7 Å². The topological polar surface area (TPSA) is 148 Å². The third-order valence-electron chi connectivity index (χ3n) is 10.1. The van der Waals surface area contributed by atoms with E-state index in [1.807, 2.05) is 85.6 Å². The van der Waals surface area contributed by atoms with Crippen LogP contribution in [0, 0.1) is 17.8 Å². The first kappa shape index (κ1) is 38.8. The largest absolute Gasteiger partial charge is 0.454 e. The van der Waals surface area contributed by atoms with Gasteiger partial charge in [0.25, 0.3) is 6.02 Å². The van der Waals surface area contributed by atoms with Crippen LogP contribution in [0.25, 0.3) is 0 Å². The molecular formula is C35H54IN3O9. The number of carbonyl (C=O) groups is 2. The zero-order valence-electron chi connectivity index (χ0n) is 29.6. The molecule has 3 aliphatic rings. The molecule has 1 amide bonds. The minimum atomic E-state index is -1.83. The van der Waals surface area contributed by atoms with Gasteiger partial charge in [0.05, 0.1) is 42.4 Å². The van der Waals surface area contributed by atoms with Gasteiger partial charge >= 0.3 is 5.97 Å². The van der Waals surface area contributed by atoms with Crippen molar-refractivity contribution in [2.24, 2.45) is 22.7 Å². The van der Waals surface area contributed by atoms with Crippen molar-refractivity contribution in [1.29, 1.82) is 0 Å². The monoisotopic (exact) mass is 787 g/mol. The van der Waals surface area contributed by atoms with Gasteiger partial charge in [-0.15, -0.1) is 0 Å². The van der Waals surface area contributed by atoms with Crippen LogP contribution in [-0.2, 0) is 39.8 Å². The zero-order valence-corrected chi connectivity index (χ0v) is 31.7. The lowest BCUT2D eigenvalue weighted by Crippen LogP contribution is -2.58. The second-order valence-corrected chi connectivity index (χ2v) is 15.5. The fourth-order valence-corrected chi connectivity index (χ4v) is 7.74. The summed E-state index contributed by atoms with van der Waals surface area (Å²) in [7, 11) is 3.56. The van der Waals surface area contributed by atoms with E-state index < -0.39 is 63.8 Å². The Morgan fingerprint density at radius 1 is 1.06 bits per heavy atom. The second-order valence-electron chi connectivity index (χ2n) is 14.4. The summed E-state index contributed by atoms with van der Waals surface area (Å²) < 4.78 is 30.6. The number of nitrogens with zero attached hydrogens (tertiary/aromatic N) is 2. The molecule has 0 radical (unpaired) electrons. The number of hydrogen-bond donors (Lipinski definition) is 3. The van der Waals surface area contributed by atoms with Gasteiger partial charge in [-0.25, -0.2) is 4.99 Å². The number of alkyl halides is 1. The maximum Gasteiger partial charge on any atom is 0.309 e. The summed E-state index contributed by atoms with van der Waals surface area (Å²) in [5.41, 5.74) is -1.76. The number of aliphatic hydroxyl groups is 2. The van der Waals surface area contributed by atoms with Gasteiger partial charge in [-0.1, -0.05) is 51.1 Å². The number of aliphatic imine (C=N–C) groups is 1. The van der Waals surface area contributed by atoms with Crippen molar-refractivity contribution in [1.82, 2.24) is 10.2 Å². The number of nitrogens with one attached hydrogen (secondary N) is 1. The van der Waals surface area contributed by atoms with Gasteiger partial charge in [-0.05, 0) is 81.0 Å². The van der Waals surface area contributed by atoms with E-state index >= 15 is 0 Å². The molecule has 4 rings (SSSR count). The van der Waals surface area contributed by atoms with Crippen molar-refractivity contribution in [2.75, 3.05) is 14.2 Å². The minimum Gasteiger partial charge on any atom is -0.454 e. The smallest absolute Gasteiger partial charge is 0.309 e. The molecule has 13 heteroatoms. The molecule has 3 heterocycles. The van der Waals surface area contributed by atoms with E-state index in [9.17, 15) is 19.8 Å². The fourth-order valence-electron chi connectivity index (χ4n) is 7.12. The number of likely N-dealkylation sites (N-methyl/N-ethyl adjacent to an activating group) is 1. The van der Waals surface area contributed by atoms with Crippen LogP contribution in [0.1, 0.15) is 73.3 Å². The van der Waals surface area contributed by atoms with Crippen LogP contribution in [-0.4, -0.2) is 105 Å². The highest BCUT2D eigenvalue weighted by molar-refractivity contribution is 14.1. The van der Waals surface area contributed by atoms with E-state index in [1.54, 1.807) is 27.9 Å². The molecule has 270 valence electrons. The molecule has 3 N–H and O–H groups in total. The van der Waals surface area contributed by atoms with Gasteiger partial charge in [0, 0.05) is 20.1 Å². The Hall–Kier alpha value is -2.04. The third kappa shape index (κ3) is 8.63. The van der Waals surface area contributed by atoms with Crippen LogP contribution < -0.4 is 5.32 Å². The maximum atomic E-state index is 13.5. The molecule has 12 nitrogen and oxygen atoms in total. The van der Waals surface area contributed by atoms with Gasteiger partial charge in [0.15, 0.2) is 16.5 Å². The third-order valence-corrected chi connectivity index (χ3v) is 11.7. The number of amidine groups is 1. The Morgan fingerprint density at radius 3 is 2.38 bits per heavy atom. The van der Waals surface area contributed by atoms with Crippen LogP contribution in [0.2, 0.25) is 0 Å². The molecule has 3 fully saturated rings.